The Morgan fingerprint density at radius 3 is 2.20 bits per heavy atom. The minimum Gasteiger partial charge on any atom is -0.489 e. The number of carbonyl (C=O) groups is 1. The summed E-state index contributed by atoms with van der Waals surface area (Å²) in [6.07, 6.45) is 0. The minimum atomic E-state index is -0.360. The molecule has 0 unspecified atom stereocenters. The van der Waals surface area contributed by atoms with E-state index in [4.69, 9.17) is 21.1 Å². The fraction of sp³-hybridized carbons (Fsp3) is 0.0952. The Hall–Kier alpha value is -2.78. The third kappa shape index (κ3) is 4.85. The lowest BCUT2D eigenvalue weighted by Crippen LogP contribution is -2.05. The van der Waals surface area contributed by atoms with Crippen LogP contribution in [0.4, 0.5) is 0 Å². The second kappa shape index (κ2) is 8.36. The summed E-state index contributed by atoms with van der Waals surface area (Å²) in [5, 5.41) is 0.670. The Balaban J connectivity index is 1.54. The van der Waals surface area contributed by atoms with E-state index >= 15 is 0 Å². The van der Waals surface area contributed by atoms with E-state index in [1.54, 1.807) is 24.3 Å². The van der Waals surface area contributed by atoms with Gasteiger partial charge in [0.05, 0.1) is 5.56 Å². The van der Waals surface area contributed by atoms with Crippen LogP contribution in [0.3, 0.4) is 0 Å². The van der Waals surface area contributed by atoms with E-state index in [0.717, 1.165) is 11.1 Å². The molecule has 0 aliphatic rings. The van der Waals surface area contributed by atoms with Crippen molar-refractivity contribution < 1.29 is 14.3 Å². The first-order valence-electron chi connectivity index (χ1n) is 7.90. The fourth-order valence-electron chi connectivity index (χ4n) is 2.27. The van der Waals surface area contributed by atoms with E-state index in [1.165, 1.54) is 0 Å². The van der Waals surface area contributed by atoms with Crippen molar-refractivity contribution >= 4 is 17.6 Å². The van der Waals surface area contributed by atoms with Gasteiger partial charge in [0.1, 0.15) is 19.0 Å². The van der Waals surface area contributed by atoms with Crippen LogP contribution in [0, 0.1) is 0 Å². The number of halogens is 1. The van der Waals surface area contributed by atoms with Gasteiger partial charge in [-0.05, 0) is 35.9 Å². The maximum atomic E-state index is 12.1. The Morgan fingerprint density at radius 1 is 0.800 bits per heavy atom. The Kier molecular flexibility index (Phi) is 5.70. The highest BCUT2D eigenvalue weighted by atomic mass is 35.5. The monoisotopic (exact) mass is 352 g/mol. The molecule has 0 aliphatic carbocycles. The van der Waals surface area contributed by atoms with Gasteiger partial charge < -0.3 is 9.47 Å². The second-order valence-electron chi connectivity index (χ2n) is 5.47. The zero-order chi connectivity index (χ0) is 17.5. The van der Waals surface area contributed by atoms with Gasteiger partial charge >= 0.3 is 5.97 Å². The summed E-state index contributed by atoms with van der Waals surface area (Å²) >= 11 is 6.10. The first kappa shape index (κ1) is 17.1. The van der Waals surface area contributed by atoms with Gasteiger partial charge in [-0.2, -0.15) is 0 Å². The predicted octanol–water partition coefficient (Wildman–Crippen LogP) is 5.28. The first-order valence-corrected chi connectivity index (χ1v) is 8.27. The molecule has 3 aromatic rings. The molecule has 0 N–H and O–H groups in total. The van der Waals surface area contributed by atoms with Crippen LogP contribution in [-0.4, -0.2) is 5.97 Å². The number of esters is 1. The molecule has 0 atom stereocenters. The summed E-state index contributed by atoms with van der Waals surface area (Å²) < 4.78 is 11.0. The SMILES string of the molecule is O=C(OCc1ccccc1)c1ccc(OCc2ccccc2Cl)cc1. The Morgan fingerprint density at radius 2 is 1.48 bits per heavy atom. The lowest BCUT2D eigenvalue weighted by Gasteiger charge is -2.09. The van der Waals surface area contributed by atoms with E-state index in [2.05, 4.69) is 0 Å². The van der Waals surface area contributed by atoms with Crippen LogP contribution < -0.4 is 4.74 Å². The highest BCUT2D eigenvalue weighted by molar-refractivity contribution is 6.31. The van der Waals surface area contributed by atoms with Crippen LogP contribution in [0.15, 0.2) is 78.9 Å². The van der Waals surface area contributed by atoms with Gasteiger partial charge in [-0.1, -0.05) is 60.1 Å². The lowest BCUT2D eigenvalue weighted by molar-refractivity contribution is 0.0472. The number of rotatable bonds is 6. The minimum absolute atomic E-state index is 0.254. The van der Waals surface area contributed by atoms with Gasteiger partial charge in [0.15, 0.2) is 0 Å². The van der Waals surface area contributed by atoms with Crippen molar-refractivity contribution in [2.75, 3.05) is 0 Å². The third-order valence-corrected chi connectivity index (χ3v) is 4.02. The molecule has 0 aromatic heterocycles. The molecule has 0 amide bonds. The maximum Gasteiger partial charge on any atom is 0.338 e. The largest absolute Gasteiger partial charge is 0.489 e. The molecule has 4 heteroatoms. The lowest BCUT2D eigenvalue weighted by atomic mass is 10.2. The number of ether oxygens (including phenoxy) is 2. The number of benzene rings is 3. The normalized spacial score (nSPS) is 10.3. The van der Waals surface area contributed by atoms with Crippen molar-refractivity contribution in [3.8, 4) is 5.75 Å². The van der Waals surface area contributed by atoms with Crippen LogP contribution in [-0.2, 0) is 18.0 Å². The molecule has 0 heterocycles. The summed E-state index contributed by atoms with van der Waals surface area (Å²) in [5.74, 6) is 0.307. The van der Waals surface area contributed by atoms with Crippen molar-refractivity contribution in [2.45, 2.75) is 13.2 Å². The van der Waals surface area contributed by atoms with Crippen molar-refractivity contribution in [3.05, 3.63) is 101 Å². The summed E-state index contributed by atoms with van der Waals surface area (Å²) in [6.45, 7) is 0.627. The van der Waals surface area contributed by atoms with Gasteiger partial charge in [-0.25, -0.2) is 4.79 Å². The molecule has 25 heavy (non-hydrogen) atoms. The number of carbonyl (C=O) groups excluding carboxylic acids is 1. The molecule has 0 saturated heterocycles. The van der Waals surface area contributed by atoms with E-state index in [-0.39, 0.29) is 12.6 Å². The zero-order valence-electron chi connectivity index (χ0n) is 13.5. The first-order chi connectivity index (χ1) is 12.2. The fourth-order valence-corrected chi connectivity index (χ4v) is 2.46. The van der Waals surface area contributed by atoms with Gasteiger partial charge in [-0.15, -0.1) is 0 Å². The average Bonchev–Trinajstić information content (AvgIpc) is 2.67. The molecular weight excluding hydrogens is 336 g/mol. The Labute approximate surface area is 151 Å². The Bertz CT molecular complexity index is 829. The van der Waals surface area contributed by atoms with Crippen LogP contribution in [0.1, 0.15) is 21.5 Å². The molecule has 0 saturated carbocycles. The van der Waals surface area contributed by atoms with Crippen molar-refractivity contribution in [1.82, 2.24) is 0 Å². The zero-order valence-corrected chi connectivity index (χ0v) is 14.3. The van der Waals surface area contributed by atoms with Crippen molar-refractivity contribution in [1.29, 1.82) is 0 Å². The van der Waals surface area contributed by atoms with Crippen LogP contribution >= 0.6 is 11.6 Å². The molecule has 0 bridgehead atoms. The second-order valence-corrected chi connectivity index (χ2v) is 5.87. The van der Waals surface area contributed by atoms with E-state index < -0.39 is 0 Å². The quantitative estimate of drug-likeness (QED) is 0.566. The van der Waals surface area contributed by atoms with E-state index in [9.17, 15) is 4.79 Å². The van der Waals surface area contributed by atoms with Gasteiger partial charge in [0, 0.05) is 10.6 Å². The van der Waals surface area contributed by atoms with E-state index in [0.29, 0.717) is 22.9 Å². The van der Waals surface area contributed by atoms with Crippen LogP contribution in [0.25, 0.3) is 0 Å². The summed E-state index contributed by atoms with van der Waals surface area (Å²) in [7, 11) is 0. The van der Waals surface area contributed by atoms with Crippen LogP contribution in [0.5, 0.6) is 5.75 Å². The van der Waals surface area contributed by atoms with Crippen molar-refractivity contribution in [3.63, 3.8) is 0 Å². The molecular formula is C21H17ClO3. The van der Waals surface area contributed by atoms with Gasteiger partial charge in [0.2, 0.25) is 0 Å². The molecule has 0 fully saturated rings. The summed E-state index contributed by atoms with van der Waals surface area (Å²) in [5.41, 5.74) is 2.35. The van der Waals surface area contributed by atoms with Gasteiger partial charge in [-0.3, -0.25) is 0 Å². The van der Waals surface area contributed by atoms with Crippen molar-refractivity contribution in [2.24, 2.45) is 0 Å². The van der Waals surface area contributed by atoms with Crippen LogP contribution in [0.2, 0.25) is 5.02 Å². The van der Waals surface area contributed by atoms with E-state index in [1.807, 2.05) is 54.6 Å². The predicted molar refractivity (Wildman–Crippen MR) is 97.8 cm³/mol. The highest BCUT2D eigenvalue weighted by Crippen LogP contribution is 2.19. The molecule has 3 rings (SSSR count). The summed E-state index contributed by atoms with van der Waals surface area (Å²) in [6, 6.07) is 24.0. The standard InChI is InChI=1S/C21H17ClO3/c22-20-9-5-4-8-18(20)15-24-19-12-10-17(11-13-19)21(23)25-14-16-6-2-1-3-7-16/h1-13H,14-15H2. The number of hydrogen-bond donors (Lipinski definition) is 0. The third-order valence-electron chi connectivity index (χ3n) is 3.65. The average molecular weight is 353 g/mol. The molecule has 3 nitrogen and oxygen atoms in total. The summed E-state index contributed by atoms with van der Waals surface area (Å²) in [4.78, 5) is 12.1. The number of hydrogen-bond acceptors (Lipinski definition) is 3. The molecule has 0 aliphatic heterocycles. The highest BCUT2D eigenvalue weighted by Gasteiger charge is 2.08. The molecule has 0 spiro atoms. The molecule has 3 aromatic carbocycles. The molecule has 0 radical (unpaired) electrons. The smallest absolute Gasteiger partial charge is 0.338 e. The topological polar surface area (TPSA) is 35.5 Å². The van der Waals surface area contributed by atoms with Gasteiger partial charge in [0.25, 0.3) is 0 Å². The molecule has 126 valence electrons. The maximum absolute atomic E-state index is 12.1.